The van der Waals surface area contributed by atoms with Gasteiger partial charge in [0.15, 0.2) is 0 Å². The van der Waals surface area contributed by atoms with Crippen LogP contribution in [-0.4, -0.2) is 12.0 Å². The molecular weight excluding hydrogens is 264 g/mol. The number of anilines is 1. The first-order chi connectivity index (χ1) is 8.78. The molecule has 0 radical (unpaired) electrons. The predicted octanol–water partition coefficient (Wildman–Crippen LogP) is 4.66. The van der Waals surface area contributed by atoms with Crippen LogP contribution < -0.4 is 5.32 Å². The third-order valence-electron chi connectivity index (χ3n) is 2.79. The average Bonchev–Trinajstić information content (AvgIpc) is 2.84. The van der Waals surface area contributed by atoms with Crippen molar-refractivity contribution in [1.82, 2.24) is 4.98 Å². The molecule has 0 fully saturated rings. The molecule has 0 bridgehead atoms. The van der Waals surface area contributed by atoms with Crippen molar-refractivity contribution < 1.29 is 0 Å². The molecule has 0 aliphatic carbocycles. The molecule has 4 heteroatoms. The van der Waals surface area contributed by atoms with Crippen molar-refractivity contribution in [2.24, 2.45) is 0 Å². The molecule has 0 saturated carbocycles. The second-order valence-corrected chi connectivity index (χ2v) is 5.34. The Morgan fingerprint density at radius 3 is 2.56 bits per heavy atom. The maximum atomic E-state index is 6.17. The lowest BCUT2D eigenvalue weighted by Gasteiger charge is -2.00. The van der Waals surface area contributed by atoms with Crippen LogP contribution in [0.5, 0.6) is 0 Å². The highest BCUT2D eigenvalue weighted by atomic mass is 35.5. The minimum absolute atomic E-state index is 0.767. The second-order valence-electron chi connectivity index (χ2n) is 3.93. The number of hydrogen-bond donors (Lipinski definition) is 1. The molecule has 1 N–H and O–H groups in total. The van der Waals surface area contributed by atoms with Crippen molar-refractivity contribution in [2.45, 2.75) is 0 Å². The van der Waals surface area contributed by atoms with Gasteiger partial charge in [-0.15, -0.1) is 11.3 Å². The first-order valence-electron chi connectivity index (χ1n) is 5.61. The number of nitrogens with zero attached hydrogens (tertiary/aromatic N) is 1. The third kappa shape index (κ3) is 1.96. The Kier molecular flexibility index (Phi) is 2.94. The van der Waals surface area contributed by atoms with Gasteiger partial charge in [-0.05, 0) is 36.4 Å². The van der Waals surface area contributed by atoms with E-state index in [9.17, 15) is 0 Å². The summed E-state index contributed by atoms with van der Waals surface area (Å²) in [4.78, 5) is 4.61. The molecule has 3 aromatic rings. The maximum Gasteiger partial charge on any atom is 0.124 e. The zero-order chi connectivity index (χ0) is 12.5. The largest absolute Gasteiger partial charge is 0.388 e. The summed E-state index contributed by atoms with van der Waals surface area (Å²) in [5.41, 5.74) is 3.17. The highest BCUT2D eigenvalue weighted by molar-refractivity contribution is 7.22. The van der Waals surface area contributed by atoms with E-state index in [0.717, 1.165) is 31.5 Å². The van der Waals surface area contributed by atoms with Crippen molar-refractivity contribution >= 4 is 38.8 Å². The topological polar surface area (TPSA) is 24.9 Å². The summed E-state index contributed by atoms with van der Waals surface area (Å²) >= 11 is 7.79. The summed E-state index contributed by atoms with van der Waals surface area (Å²) in [7, 11) is 1.91. The number of hydrogen-bond acceptors (Lipinski definition) is 3. The van der Waals surface area contributed by atoms with Crippen LogP contribution >= 0.6 is 22.9 Å². The summed E-state index contributed by atoms with van der Waals surface area (Å²) in [6.45, 7) is 0. The fraction of sp³-hybridized carbons (Fsp3) is 0.0714. The van der Waals surface area contributed by atoms with Gasteiger partial charge in [0.25, 0.3) is 0 Å². The first-order valence-corrected chi connectivity index (χ1v) is 6.80. The normalized spacial score (nSPS) is 10.8. The van der Waals surface area contributed by atoms with Crippen LogP contribution in [0.1, 0.15) is 0 Å². The molecule has 90 valence electrons. The smallest absolute Gasteiger partial charge is 0.124 e. The van der Waals surface area contributed by atoms with Crippen LogP contribution in [0, 0.1) is 0 Å². The van der Waals surface area contributed by atoms with E-state index in [2.05, 4.69) is 22.4 Å². The van der Waals surface area contributed by atoms with Gasteiger partial charge < -0.3 is 5.32 Å². The van der Waals surface area contributed by atoms with E-state index in [0.29, 0.717) is 0 Å². The number of thiazole rings is 1. The van der Waals surface area contributed by atoms with E-state index >= 15 is 0 Å². The van der Waals surface area contributed by atoms with Crippen molar-refractivity contribution in [3.63, 3.8) is 0 Å². The van der Waals surface area contributed by atoms with E-state index < -0.39 is 0 Å². The molecule has 0 atom stereocenters. The second kappa shape index (κ2) is 4.59. The Morgan fingerprint density at radius 1 is 1.11 bits per heavy atom. The highest BCUT2D eigenvalue weighted by Gasteiger charge is 2.08. The van der Waals surface area contributed by atoms with Crippen LogP contribution in [0.15, 0.2) is 42.5 Å². The van der Waals surface area contributed by atoms with E-state index in [1.165, 1.54) is 0 Å². The van der Waals surface area contributed by atoms with Gasteiger partial charge in [-0.3, -0.25) is 0 Å². The van der Waals surface area contributed by atoms with Gasteiger partial charge >= 0.3 is 0 Å². The van der Waals surface area contributed by atoms with Gasteiger partial charge in [0.2, 0.25) is 0 Å². The van der Waals surface area contributed by atoms with Crippen LogP contribution in [0.25, 0.3) is 20.8 Å². The van der Waals surface area contributed by atoms with Crippen LogP contribution in [-0.2, 0) is 0 Å². The molecule has 0 amide bonds. The van der Waals surface area contributed by atoms with E-state index in [1.807, 2.05) is 37.4 Å². The number of benzene rings is 2. The molecule has 0 aliphatic rings. The minimum Gasteiger partial charge on any atom is -0.388 e. The average molecular weight is 275 g/mol. The van der Waals surface area contributed by atoms with Crippen molar-refractivity contribution in [1.29, 1.82) is 0 Å². The van der Waals surface area contributed by atoms with E-state index in [-0.39, 0.29) is 0 Å². The molecule has 2 aromatic carbocycles. The van der Waals surface area contributed by atoms with Gasteiger partial charge in [-0.1, -0.05) is 17.7 Å². The first kappa shape index (κ1) is 11.5. The number of fused-ring (bicyclic) bond motifs is 1. The minimum atomic E-state index is 0.767. The fourth-order valence-corrected chi connectivity index (χ4v) is 3.08. The quantitative estimate of drug-likeness (QED) is 0.735. The summed E-state index contributed by atoms with van der Waals surface area (Å²) in [6.07, 6.45) is 0. The molecule has 3 rings (SSSR count). The van der Waals surface area contributed by atoms with E-state index in [1.54, 1.807) is 11.3 Å². The Morgan fingerprint density at radius 2 is 1.89 bits per heavy atom. The summed E-state index contributed by atoms with van der Waals surface area (Å²) in [6, 6.07) is 14.0. The van der Waals surface area contributed by atoms with Crippen molar-refractivity contribution in [3.05, 3.63) is 47.5 Å². The molecule has 0 aliphatic heterocycles. The monoisotopic (exact) mass is 274 g/mol. The number of aromatic nitrogens is 1. The molecule has 1 aromatic heterocycles. The number of rotatable bonds is 2. The van der Waals surface area contributed by atoms with Crippen molar-refractivity contribution in [3.8, 4) is 10.6 Å². The molecule has 0 saturated heterocycles. The van der Waals surface area contributed by atoms with Gasteiger partial charge in [0, 0.05) is 18.3 Å². The van der Waals surface area contributed by atoms with Gasteiger partial charge in [0.1, 0.15) is 5.01 Å². The Labute approximate surface area is 114 Å². The summed E-state index contributed by atoms with van der Waals surface area (Å²) in [5.74, 6) is 0. The summed E-state index contributed by atoms with van der Waals surface area (Å²) < 4.78 is 1.05. The van der Waals surface area contributed by atoms with Gasteiger partial charge in [0.05, 0.1) is 15.2 Å². The molecular formula is C14H11ClN2S. The molecule has 18 heavy (non-hydrogen) atoms. The fourth-order valence-electron chi connectivity index (χ4n) is 1.82. The van der Waals surface area contributed by atoms with Crippen LogP contribution in [0.4, 0.5) is 5.69 Å². The van der Waals surface area contributed by atoms with Crippen LogP contribution in [0.2, 0.25) is 5.02 Å². The zero-order valence-electron chi connectivity index (χ0n) is 9.77. The van der Waals surface area contributed by atoms with E-state index in [4.69, 9.17) is 11.6 Å². The molecule has 0 spiro atoms. The molecule has 2 nitrogen and oxygen atoms in total. The van der Waals surface area contributed by atoms with Gasteiger partial charge in [-0.2, -0.15) is 0 Å². The summed E-state index contributed by atoms with van der Waals surface area (Å²) in [5, 5.41) is 4.87. The van der Waals surface area contributed by atoms with Crippen molar-refractivity contribution in [2.75, 3.05) is 12.4 Å². The molecule has 0 unspecified atom stereocenters. The Balaban J connectivity index is 2.10. The standard InChI is InChI=1S/C14H11ClN2S/c1-16-10-7-5-9(6-8-10)14-17-12-4-2-3-11(15)13(12)18-14/h2-8,16H,1H3. The number of halogens is 1. The van der Waals surface area contributed by atoms with Gasteiger partial charge in [-0.25, -0.2) is 4.98 Å². The lowest BCUT2D eigenvalue weighted by Crippen LogP contribution is -1.86. The Hall–Kier alpha value is -1.58. The SMILES string of the molecule is CNc1ccc(-c2nc3cccc(Cl)c3s2)cc1. The van der Waals surface area contributed by atoms with Crippen LogP contribution in [0.3, 0.4) is 0 Å². The zero-order valence-corrected chi connectivity index (χ0v) is 11.3. The maximum absolute atomic E-state index is 6.17. The Bertz CT molecular complexity index is 689. The number of nitrogens with one attached hydrogen (secondary N) is 1. The lowest BCUT2D eigenvalue weighted by molar-refractivity contribution is 1.46. The molecule has 1 heterocycles. The highest BCUT2D eigenvalue weighted by Crippen LogP contribution is 2.34. The predicted molar refractivity (Wildman–Crippen MR) is 79.6 cm³/mol. The third-order valence-corrected chi connectivity index (χ3v) is 4.37. The lowest BCUT2D eigenvalue weighted by atomic mass is 10.2.